The third kappa shape index (κ3) is 4.51. The van der Waals surface area contributed by atoms with E-state index in [0.29, 0.717) is 19.3 Å². The van der Waals surface area contributed by atoms with Crippen molar-refractivity contribution in [3.05, 3.63) is 35.9 Å². The van der Waals surface area contributed by atoms with Crippen molar-refractivity contribution in [2.24, 2.45) is 0 Å². The molecule has 4 heteroatoms. The van der Waals surface area contributed by atoms with Gasteiger partial charge in [0.2, 0.25) is 0 Å². The van der Waals surface area contributed by atoms with Crippen molar-refractivity contribution >= 4 is 0 Å². The number of benzene rings is 1. The van der Waals surface area contributed by atoms with E-state index in [1.165, 1.54) is 5.56 Å². The molecule has 0 amide bonds. The van der Waals surface area contributed by atoms with Gasteiger partial charge in [0.15, 0.2) is 0 Å². The average Bonchev–Trinajstić information content (AvgIpc) is 2.51. The van der Waals surface area contributed by atoms with Gasteiger partial charge in [0.25, 0.3) is 0 Å². The van der Waals surface area contributed by atoms with Gasteiger partial charge in [-0.1, -0.05) is 37.3 Å². The van der Waals surface area contributed by atoms with Crippen molar-refractivity contribution < 1.29 is 14.2 Å². The Hall–Kier alpha value is -0.940. The first-order valence-corrected chi connectivity index (χ1v) is 7.80. The van der Waals surface area contributed by atoms with Crippen molar-refractivity contribution in [2.45, 2.75) is 44.6 Å². The largest absolute Gasteiger partial charge is 0.382 e. The van der Waals surface area contributed by atoms with Crippen LogP contribution in [0.5, 0.6) is 0 Å². The Morgan fingerprint density at radius 3 is 2.67 bits per heavy atom. The summed E-state index contributed by atoms with van der Waals surface area (Å²) >= 11 is 0. The van der Waals surface area contributed by atoms with Crippen LogP contribution in [-0.4, -0.2) is 45.1 Å². The molecule has 4 atom stereocenters. The Balaban J connectivity index is 1.86. The second-order valence-corrected chi connectivity index (χ2v) is 5.46. The summed E-state index contributed by atoms with van der Waals surface area (Å²) in [5, 5.41) is 3.46. The molecule has 0 aromatic heterocycles. The van der Waals surface area contributed by atoms with E-state index in [1.807, 2.05) is 18.2 Å². The minimum atomic E-state index is 0.0901. The maximum atomic E-state index is 6.19. The molecule has 1 aliphatic carbocycles. The van der Waals surface area contributed by atoms with Gasteiger partial charge in [0.1, 0.15) is 0 Å². The van der Waals surface area contributed by atoms with Crippen LogP contribution in [0.2, 0.25) is 0 Å². The van der Waals surface area contributed by atoms with Crippen molar-refractivity contribution in [2.75, 3.05) is 26.9 Å². The second-order valence-electron chi connectivity index (χ2n) is 5.46. The lowest BCUT2D eigenvalue weighted by Crippen LogP contribution is -2.60. The Morgan fingerprint density at radius 1 is 1.24 bits per heavy atom. The van der Waals surface area contributed by atoms with Crippen LogP contribution >= 0.6 is 0 Å². The van der Waals surface area contributed by atoms with Gasteiger partial charge < -0.3 is 19.5 Å². The Bertz CT molecular complexity index is 398. The molecular weight excluding hydrogens is 266 g/mol. The molecule has 0 bridgehead atoms. The van der Waals surface area contributed by atoms with Gasteiger partial charge in [-0.05, 0) is 25.5 Å². The molecule has 1 aliphatic rings. The number of hydrogen-bond acceptors (Lipinski definition) is 4. The lowest BCUT2D eigenvalue weighted by Gasteiger charge is -2.45. The molecule has 1 N–H and O–H groups in total. The fourth-order valence-corrected chi connectivity index (χ4v) is 2.73. The molecule has 0 spiro atoms. The van der Waals surface area contributed by atoms with Crippen LogP contribution in [-0.2, 0) is 14.2 Å². The minimum Gasteiger partial charge on any atom is -0.382 e. The van der Waals surface area contributed by atoms with Gasteiger partial charge in [0, 0.05) is 13.2 Å². The van der Waals surface area contributed by atoms with E-state index >= 15 is 0 Å². The van der Waals surface area contributed by atoms with Crippen molar-refractivity contribution in [1.29, 1.82) is 0 Å². The van der Waals surface area contributed by atoms with Crippen LogP contribution in [0.15, 0.2) is 30.3 Å². The molecule has 4 unspecified atom stereocenters. The van der Waals surface area contributed by atoms with E-state index in [9.17, 15) is 0 Å². The normalized spacial score (nSPS) is 26.3. The molecule has 0 saturated heterocycles. The first kappa shape index (κ1) is 16.4. The Kier molecular flexibility index (Phi) is 6.64. The van der Waals surface area contributed by atoms with E-state index in [2.05, 4.69) is 31.3 Å². The maximum absolute atomic E-state index is 6.19. The van der Waals surface area contributed by atoms with Crippen molar-refractivity contribution in [3.63, 3.8) is 0 Å². The summed E-state index contributed by atoms with van der Waals surface area (Å²) < 4.78 is 17.2. The van der Waals surface area contributed by atoms with Crippen LogP contribution in [0.1, 0.15) is 31.9 Å². The van der Waals surface area contributed by atoms with Crippen LogP contribution in [0, 0.1) is 0 Å². The average molecular weight is 293 g/mol. The van der Waals surface area contributed by atoms with E-state index in [4.69, 9.17) is 14.2 Å². The summed E-state index contributed by atoms with van der Waals surface area (Å²) in [6.45, 7) is 6.41. The smallest absolute Gasteiger partial charge is 0.0992 e. The highest BCUT2D eigenvalue weighted by molar-refractivity contribution is 5.17. The predicted octanol–water partition coefficient (Wildman–Crippen LogP) is 2.55. The number of nitrogens with one attached hydrogen (secondary N) is 1. The highest BCUT2D eigenvalue weighted by Gasteiger charge is 2.43. The van der Waals surface area contributed by atoms with Crippen molar-refractivity contribution in [1.82, 2.24) is 5.32 Å². The number of methoxy groups -OCH3 is 1. The second kappa shape index (κ2) is 8.49. The van der Waals surface area contributed by atoms with E-state index in [-0.39, 0.29) is 18.3 Å². The molecule has 0 heterocycles. The highest BCUT2D eigenvalue weighted by Crippen LogP contribution is 2.32. The Morgan fingerprint density at radius 2 is 2.00 bits per heavy atom. The molecule has 1 fully saturated rings. The number of likely N-dealkylation sites (N-methyl/N-ethyl adjacent to an activating group) is 1. The predicted molar refractivity (Wildman–Crippen MR) is 83.4 cm³/mol. The SMILES string of the molecule is CCNC1CC(OC(C)c2ccccc2)C1OCCOC. The summed E-state index contributed by atoms with van der Waals surface area (Å²) in [6.07, 6.45) is 1.36. The molecule has 0 radical (unpaired) electrons. The van der Waals surface area contributed by atoms with Crippen LogP contribution in [0.4, 0.5) is 0 Å². The molecule has 1 aromatic rings. The molecule has 21 heavy (non-hydrogen) atoms. The summed E-state index contributed by atoms with van der Waals surface area (Å²) in [7, 11) is 1.69. The third-order valence-corrected chi connectivity index (χ3v) is 3.96. The maximum Gasteiger partial charge on any atom is 0.0992 e. The lowest BCUT2D eigenvalue weighted by molar-refractivity contribution is -0.169. The molecule has 2 rings (SSSR count). The van der Waals surface area contributed by atoms with Crippen LogP contribution < -0.4 is 5.32 Å². The van der Waals surface area contributed by atoms with Gasteiger partial charge in [-0.2, -0.15) is 0 Å². The van der Waals surface area contributed by atoms with Crippen molar-refractivity contribution in [3.8, 4) is 0 Å². The quantitative estimate of drug-likeness (QED) is 0.710. The van der Waals surface area contributed by atoms with Gasteiger partial charge in [-0.25, -0.2) is 0 Å². The van der Waals surface area contributed by atoms with Gasteiger partial charge in [0.05, 0.1) is 31.5 Å². The highest BCUT2D eigenvalue weighted by atomic mass is 16.6. The van der Waals surface area contributed by atoms with Crippen LogP contribution in [0.3, 0.4) is 0 Å². The fourth-order valence-electron chi connectivity index (χ4n) is 2.73. The molecular formula is C17H27NO3. The van der Waals surface area contributed by atoms with E-state index < -0.39 is 0 Å². The fraction of sp³-hybridized carbons (Fsp3) is 0.647. The topological polar surface area (TPSA) is 39.7 Å². The summed E-state index contributed by atoms with van der Waals surface area (Å²) in [6, 6.07) is 10.7. The zero-order valence-electron chi connectivity index (χ0n) is 13.2. The van der Waals surface area contributed by atoms with Gasteiger partial charge >= 0.3 is 0 Å². The third-order valence-electron chi connectivity index (χ3n) is 3.96. The zero-order valence-corrected chi connectivity index (χ0v) is 13.2. The van der Waals surface area contributed by atoms with Gasteiger partial charge in [-0.15, -0.1) is 0 Å². The molecule has 4 nitrogen and oxygen atoms in total. The summed E-state index contributed by atoms with van der Waals surface area (Å²) in [5.41, 5.74) is 1.21. The van der Waals surface area contributed by atoms with E-state index in [0.717, 1.165) is 13.0 Å². The van der Waals surface area contributed by atoms with Gasteiger partial charge in [-0.3, -0.25) is 0 Å². The first-order chi connectivity index (χ1) is 10.3. The Labute approximate surface area is 127 Å². The number of hydrogen-bond donors (Lipinski definition) is 1. The molecule has 118 valence electrons. The zero-order chi connectivity index (χ0) is 15.1. The minimum absolute atomic E-state index is 0.0901. The molecule has 1 aromatic carbocycles. The molecule has 0 aliphatic heterocycles. The monoisotopic (exact) mass is 293 g/mol. The summed E-state index contributed by atoms with van der Waals surface area (Å²) in [5.74, 6) is 0. The first-order valence-electron chi connectivity index (χ1n) is 7.80. The number of rotatable bonds is 9. The summed E-state index contributed by atoms with van der Waals surface area (Å²) in [4.78, 5) is 0. The standard InChI is InChI=1S/C17H27NO3/c1-4-18-15-12-16(17(15)20-11-10-19-3)21-13(2)14-8-6-5-7-9-14/h5-9,13,15-18H,4,10-12H2,1-3H3. The van der Waals surface area contributed by atoms with E-state index in [1.54, 1.807) is 7.11 Å². The lowest BCUT2D eigenvalue weighted by atomic mass is 9.85. The number of ether oxygens (including phenoxy) is 3. The van der Waals surface area contributed by atoms with Crippen LogP contribution in [0.25, 0.3) is 0 Å². The molecule has 1 saturated carbocycles.